The molecule has 1 heterocycles. The molecule has 1 saturated carbocycles. The number of ether oxygens (including phenoxy) is 1. The van der Waals surface area contributed by atoms with Crippen LogP contribution < -0.4 is 0 Å². The second-order valence-electron chi connectivity index (χ2n) is 4.46. The van der Waals surface area contributed by atoms with Crippen LogP contribution in [0.1, 0.15) is 32.6 Å². The molecule has 2 heteroatoms. The summed E-state index contributed by atoms with van der Waals surface area (Å²) in [4.78, 5) is 2.60. The van der Waals surface area contributed by atoms with Gasteiger partial charge in [0.05, 0.1) is 12.7 Å². The van der Waals surface area contributed by atoms with Crippen molar-refractivity contribution < 1.29 is 4.74 Å². The van der Waals surface area contributed by atoms with Crippen LogP contribution in [0.5, 0.6) is 0 Å². The van der Waals surface area contributed by atoms with Crippen LogP contribution in [-0.4, -0.2) is 37.2 Å². The summed E-state index contributed by atoms with van der Waals surface area (Å²) in [5, 5.41) is 0. The molecule has 1 saturated heterocycles. The van der Waals surface area contributed by atoms with Gasteiger partial charge in [-0.1, -0.05) is 13.3 Å². The molecule has 0 spiro atoms. The number of rotatable bonds is 3. The highest BCUT2D eigenvalue weighted by Crippen LogP contribution is 2.27. The highest BCUT2D eigenvalue weighted by Gasteiger charge is 2.24. The molecule has 0 N–H and O–H groups in total. The zero-order valence-corrected chi connectivity index (χ0v) is 8.67. The number of nitrogens with zero attached hydrogens (tertiary/aromatic N) is 1. The molecular formula is C11H21NO. The van der Waals surface area contributed by atoms with Crippen molar-refractivity contribution >= 4 is 0 Å². The first kappa shape index (κ1) is 9.47. The lowest BCUT2D eigenvalue weighted by Gasteiger charge is -2.37. The lowest BCUT2D eigenvalue weighted by Crippen LogP contribution is -2.45. The third-order valence-corrected chi connectivity index (χ3v) is 3.42. The van der Waals surface area contributed by atoms with Crippen molar-refractivity contribution in [1.82, 2.24) is 4.90 Å². The van der Waals surface area contributed by atoms with Gasteiger partial charge in [-0.2, -0.15) is 0 Å². The lowest BCUT2D eigenvalue weighted by atomic mass is 9.85. The van der Waals surface area contributed by atoms with E-state index in [0.29, 0.717) is 6.10 Å². The fourth-order valence-electron chi connectivity index (χ4n) is 2.23. The molecule has 1 atom stereocenters. The predicted molar refractivity (Wildman–Crippen MR) is 53.8 cm³/mol. The third-order valence-electron chi connectivity index (χ3n) is 3.42. The van der Waals surface area contributed by atoms with E-state index in [1.807, 2.05) is 0 Å². The minimum Gasteiger partial charge on any atom is -0.376 e. The van der Waals surface area contributed by atoms with Crippen LogP contribution in [-0.2, 0) is 4.74 Å². The van der Waals surface area contributed by atoms with Crippen molar-refractivity contribution in [3.63, 3.8) is 0 Å². The molecule has 1 aliphatic heterocycles. The maximum atomic E-state index is 5.65. The van der Waals surface area contributed by atoms with Gasteiger partial charge in [0.25, 0.3) is 0 Å². The van der Waals surface area contributed by atoms with E-state index in [4.69, 9.17) is 4.74 Å². The highest BCUT2D eigenvalue weighted by molar-refractivity contribution is 4.77. The summed E-state index contributed by atoms with van der Waals surface area (Å²) in [7, 11) is 0. The molecule has 76 valence electrons. The summed E-state index contributed by atoms with van der Waals surface area (Å²) in [6, 6.07) is 0. The van der Waals surface area contributed by atoms with Crippen LogP contribution in [0, 0.1) is 5.92 Å². The van der Waals surface area contributed by atoms with Crippen molar-refractivity contribution in [1.29, 1.82) is 0 Å². The summed E-state index contributed by atoms with van der Waals surface area (Å²) in [5.41, 5.74) is 0. The molecule has 2 nitrogen and oxygen atoms in total. The van der Waals surface area contributed by atoms with Crippen LogP contribution in [0.2, 0.25) is 0 Å². The van der Waals surface area contributed by atoms with Gasteiger partial charge in [0.1, 0.15) is 0 Å². The SMILES string of the molecule is CCC1CN(CC2CCC2)CCO1. The fraction of sp³-hybridized carbons (Fsp3) is 1.00. The van der Waals surface area contributed by atoms with Crippen molar-refractivity contribution in [2.24, 2.45) is 5.92 Å². The van der Waals surface area contributed by atoms with Gasteiger partial charge >= 0.3 is 0 Å². The van der Waals surface area contributed by atoms with Gasteiger partial charge in [-0.05, 0) is 25.2 Å². The van der Waals surface area contributed by atoms with E-state index in [9.17, 15) is 0 Å². The summed E-state index contributed by atoms with van der Waals surface area (Å²) in [6.07, 6.45) is 6.07. The zero-order chi connectivity index (χ0) is 9.10. The topological polar surface area (TPSA) is 12.5 Å². The molecule has 0 aromatic heterocycles. The summed E-state index contributed by atoms with van der Waals surface area (Å²) >= 11 is 0. The van der Waals surface area contributed by atoms with Gasteiger partial charge in [-0.3, -0.25) is 4.90 Å². The Morgan fingerprint density at radius 3 is 2.85 bits per heavy atom. The zero-order valence-electron chi connectivity index (χ0n) is 8.67. The molecule has 1 aliphatic carbocycles. The average molecular weight is 183 g/mol. The Morgan fingerprint density at radius 1 is 1.38 bits per heavy atom. The van der Waals surface area contributed by atoms with Crippen LogP contribution >= 0.6 is 0 Å². The second kappa shape index (κ2) is 4.43. The standard InChI is InChI=1S/C11H21NO/c1-2-11-9-12(6-7-13-11)8-10-4-3-5-10/h10-11H,2-9H2,1H3. The van der Waals surface area contributed by atoms with E-state index >= 15 is 0 Å². The van der Waals surface area contributed by atoms with E-state index in [-0.39, 0.29) is 0 Å². The summed E-state index contributed by atoms with van der Waals surface area (Å²) in [6.45, 7) is 6.84. The van der Waals surface area contributed by atoms with Gasteiger partial charge < -0.3 is 4.74 Å². The van der Waals surface area contributed by atoms with E-state index in [1.54, 1.807) is 0 Å². The molecule has 0 bridgehead atoms. The lowest BCUT2D eigenvalue weighted by molar-refractivity contribution is -0.0375. The minimum atomic E-state index is 0.508. The quantitative estimate of drug-likeness (QED) is 0.662. The molecular weight excluding hydrogens is 162 g/mol. The largest absolute Gasteiger partial charge is 0.376 e. The van der Waals surface area contributed by atoms with E-state index in [1.165, 1.54) is 38.8 Å². The van der Waals surface area contributed by atoms with Crippen LogP contribution in [0.4, 0.5) is 0 Å². The highest BCUT2D eigenvalue weighted by atomic mass is 16.5. The van der Waals surface area contributed by atoms with Crippen molar-refractivity contribution in [2.75, 3.05) is 26.2 Å². The smallest absolute Gasteiger partial charge is 0.0700 e. The van der Waals surface area contributed by atoms with E-state index < -0.39 is 0 Å². The molecule has 0 amide bonds. The summed E-state index contributed by atoms with van der Waals surface area (Å²) in [5.74, 6) is 1.01. The molecule has 0 aromatic carbocycles. The first-order valence-electron chi connectivity index (χ1n) is 5.72. The first-order chi connectivity index (χ1) is 6.38. The number of hydrogen-bond acceptors (Lipinski definition) is 2. The van der Waals surface area contributed by atoms with Gasteiger partial charge in [0, 0.05) is 19.6 Å². The van der Waals surface area contributed by atoms with Crippen LogP contribution in [0.25, 0.3) is 0 Å². The van der Waals surface area contributed by atoms with Crippen LogP contribution in [0.3, 0.4) is 0 Å². The van der Waals surface area contributed by atoms with Gasteiger partial charge in [0.2, 0.25) is 0 Å². The Bertz CT molecular complexity index is 154. The third kappa shape index (κ3) is 2.44. The van der Waals surface area contributed by atoms with E-state index in [0.717, 1.165) is 19.1 Å². The van der Waals surface area contributed by atoms with Crippen molar-refractivity contribution in [3.8, 4) is 0 Å². The predicted octanol–water partition coefficient (Wildman–Crippen LogP) is 1.90. The number of hydrogen-bond donors (Lipinski definition) is 0. The Balaban J connectivity index is 1.71. The Kier molecular flexibility index (Phi) is 3.23. The number of morpholine rings is 1. The Hall–Kier alpha value is -0.0800. The molecule has 2 fully saturated rings. The van der Waals surface area contributed by atoms with Crippen LogP contribution in [0.15, 0.2) is 0 Å². The maximum absolute atomic E-state index is 5.65. The van der Waals surface area contributed by atoms with Crippen molar-refractivity contribution in [3.05, 3.63) is 0 Å². The molecule has 0 radical (unpaired) electrons. The average Bonchev–Trinajstić information content (AvgIpc) is 2.12. The summed E-state index contributed by atoms with van der Waals surface area (Å²) < 4.78 is 5.65. The monoisotopic (exact) mass is 183 g/mol. The fourth-order valence-corrected chi connectivity index (χ4v) is 2.23. The second-order valence-corrected chi connectivity index (χ2v) is 4.46. The Labute approximate surface area is 81.3 Å². The minimum absolute atomic E-state index is 0.508. The van der Waals surface area contributed by atoms with E-state index in [2.05, 4.69) is 11.8 Å². The molecule has 0 aromatic rings. The Morgan fingerprint density at radius 2 is 2.23 bits per heavy atom. The molecule has 2 rings (SSSR count). The molecule has 13 heavy (non-hydrogen) atoms. The van der Waals surface area contributed by atoms with Crippen molar-refractivity contribution in [2.45, 2.75) is 38.7 Å². The first-order valence-corrected chi connectivity index (χ1v) is 5.72. The van der Waals surface area contributed by atoms with Gasteiger partial charge in [-0.25, -0.2) is 0 Å². The molecule has 2 aliphatic rings. The van der Waals surface area contributed by atoms with Gasteiger partial charge in [0.15, 0.2) is 0 Å². The van der Waals surface area contributed by atoms with Gasteiger partial charge in [-0.15, -0.1) is 0 Å². The normalized spacial score (nSPS) is 31.6. The maximum Gasteiger partial charge on any atom is 0.0700 e. The molecule has 1 unspecified atom stereocenters.